The average molecular weight is 915 g/mol. The van der Waals surface area contributed by atoms with Crippen LogP contribution in [0.1, 0.15) is 126 Å². The summed E-state index contributed by atoms with van der Waals surface area (Å²) in [6, 6.07) is 38.9. The fourth-order valence-electron chi connectivity index (χ4n) is 7.58. The highest BCUT2D eigenvalue weighted by Crippen LogP contribution is 2.54. The van der Waals surface area contributed by atoms with E-state index in [0.29, 0.717) is 32.3 Å². The van der Waals surface area contributed by atoms with Crippen molar-refractivity contribution < 1.29 is 51.4 Å². The second-order valence-electron chi connectivity index (χ2n) is 16.8. The van der Waals surface area contributed by atoms with Crippen LogP contribution < -0.4 is 0 Å². The Morgan fingerprint density at radius 3 is 1.43 bits per heavy atom. The molecule has 5 rings (SSSR count). The zero-order valence-electron chi connectivity index (χ0n) is 38.5. The number of benzene rings is 4. The van der Waals surface area contributed by atoms with Crippen molar-refractivity contribution in [2.75, 3.05) is 13.2 Å². The molecule has 4 aromatic carbocycles. The van der Waals surface area contributed by atoms with Gasteiger partial charge in [0.05, 0.1) is 51.3 Å². The van der Waals surface area contributed by atoms with Crippen molar-refractivity contribution in [2.45, 2.75) is 161 Å². The van der Waals surface area contributed by atoms with Crippen molar-refractivity contribution in [3.05, 3.63) is 144 Å². The maximum absolute atomic E-state index is 15.3. The number of unbranched alkanes of at least 4 members (excludes halogenated alkanes) is 8. The molecule has 11 nitrogen and oxygen atoms in total. The summed E-state index contributed by atoms with van der Waals surface area (Å²) in [5.41, 5.74) is 3.67. The Balaban J connectivity index is 1.39. The Bertz CT molecular complexity index is 1860. The Kier molecular flexibility index (Phi) is 24.0. The largest absolute Gasteiger partial charge is 0.475 e. The molecule has 1 aliphatic rings. The van der Waals surface area contributed by atoms with E-state index in [2.05, 4.69) is 13.8 Å². The number of carbonyl (C=O) groups excluding carboxylic acids is 2. The summed E-state index contributed by atoms with van der Waals surface area (Å²) in [7, 11) is -4.54. The van der Waals surface area contributed by atoms with Crippen LogP contribution in [0.15, 0.2) is 121 Å². The third kappa shape index (κ3) is 20.5. The van der Waals surface area contributed by atoms with Crippen LogP contribution in [-0.2, 0) is 77.8 Å². The first-order valence-corrected chi connectivity index (χ1v) is 25.2. The molecular formula is C53H71O11P. The van der Waals surface area contributed by atoms with E-state index in [1.807, 2.05) is 121 Å². The molecule has 65 heavy (non-hydrogen) atoms. The first kappa shape index (κ1) is 51.8. The summed E-state index contributed by atoms with van der Waals surface area (Å²) in [6.07, 6.45) is 7.24. The third-order valence-corrected chi connectivity index (χ3v) is 12.7. The molecule has 0 heterocycles. The zero-order valence-corrected chi connectivity index (χ0v) is 39.4. The summed E-state index contributed by atoms with van der Waals surface area (Å²) in [4.78, 5) is 26.1. The minimum Gasteiger partial charge on any atom is -0.462 e. The molecule has 4 aromatic rings. The number of hydrogen-bond donors (Lipinski definition) is 0. The molecule has 0 saturated heterocycles. The lowest BCUT2D eigenvalue weighted by atomic mass is 9.89. The van der Waals surface area contributed by atoms with E-state index in [4.69, 9.17) is 37.3 Å². The molecule has 0 N–H and O–H groups in total. The molecule has 0 bridgehead atoms. The maximum Gasteiger partial charge on any atom is 0.475 e. The number of ether oxygens (including phenoxy) is 5. The van der Waals surface area contributed by atoms with Crippen molar-refractivity contribution in [3.8, 4) is 0 Å². The Hall–Kier alpha value is -4.19. The van der Waals surface area contributed by atoms with Gasteiger partial charge in [-0.15, -0.1) is 0 Å². The molecule has 0 aromatic heterocycles. The summed E-state index contributed by atoms with van der Waals surface area (Å²) in [5, 5.41) is 0. The van der Waals surface area contributed by atoms with Gasteiger partial charge in [0.25, 0.3) is 0 Å². The van der Waals surface area contributed by atoms with Crippen LogP contribution in [0.4, 0.5) is 0 Å². The van der Waals surface area contributed by atoms with Crippen molar-refractivity contribution in [1.82, 2.24) is 0 Å². The van der Waals surface area contributed by atoms with Crippen molar-refractivity contribution in [2.24, 2.45) is 0 Å². The van der Waals surface area contributed by atoms with E-state index in [0.717, 1.165) is 73.6 Å². The molecule has 0 aliphatic heterocycles. The standard InChI is InChI=1S/C53H71O11P/c1-3-5-7-9-23-33-51(54)60-41-48(63-52(55)34-24-10-8-6-4-2)42-62-65(56,61-40-46-31-21-14-22-32-46)64-53-49(58-38-44-27-17-12-18-28-44)35-47(57-37-43-25-15-11-16-26-43)36-50(53)59-39-45-29-19-13-20-30-45/h11-22,25-32,47-50,53H,3-10,23-24,33-42H2,1-2H3/t47?,48-,49-,50-,53?,65?/m1/s1. The van der Waals surface area contributed by atoms with Gasteiger partial charge in [0.2, 0.25) is 0 Å². The highest BCUT2D eigenvalue weighted by atomic mass is 31.2. The molecule has 1 aliphatic carbocycles. The van der Waals surface area contributed by atoms with E-state index < -0.39 is 50.8 Å². The van der Waals surface area contributed by atoms with E-state index in [9.17, 15) is 9.59 Å². The van der Waals surface area contributed by atoms with Gasteiger partial charge in [0, 0.05) is 25.7 Å². The predicted molar refractivity (Wildman–Crippen MR) is 252 cm³/mol. The van der Waals surface area contributed by atoms with Gasteiger partial charge in [-0.3, -0.25) is 23.2 Å². The van der Waals surface area contributed by atoms with E-state index in [1.165, 1.54) is 0 Å². The number of phosphoric acid groups is 1. The van der Waals surface area contributed by atoms with Crippen LogP contribution in [0, 0.1) is 0 Å². The maximum atomic E-state index is 15.3. The normalized spacial score (nSPS) is 18.7. The van der Waals surface area contributed by atoms with Gasteiger partial charge in [-0.25, -0.2) is 4.57 Å². The van der Waals surface area contributed by atoms with Crippen LogP contribution in [0.2, 0.25) is 0 Å². The molecule has 0 spiro atoms. The van der Waals surface area contributed by atoms with Gasteiger partial charge in [0.15, 0.2) is 6.10 Å². The van der Waals surface area contributed by atoms with Gasteiger partial charge >= 0.3 is 19.8 Å². The van der Waals surface area contributed by atoms with Gasteiger partial charge < -0.3 is 23.7 Å². The summed E-state index contributed by atoms with van der Waals surface area (Å²) < 4.78 is 65.6. The molecule has 0 amide bonds. The van der Waals surface area contributed by atoms with Gasteiger partial charge in [-0.2, -0.15) is 0 Å². The molecular weight excluding hydrogens is 844 g/mol. The fraction of sp³-hybridized carbons (Fsp3) is 0.509. The van der Waals surface area contributed by atoms with Crippen molar-refractivity contribution in [3.63, 3.8) is 0 Å². The lowest BCUT2D eigenvalue weighted by molar-refractivity contribution is -0.174. The Labute approximate surface area is 387 Å². The monoisotopic (exact) mass is 914 g/mol. The highest BCUT2D eigenvalue weighted by Gasteiger charge is 2.46. The van der Waals surface area contributed by atoms with Crippen molar-refractivity contribution >= 4 is 19.8 Å². The minimum atomic E-state index is -4.54. The molecule has 1 saturated carbocycles. The summed E-state index contributed by atoms with van der Waals surface area (Å²) in [6.45, 7) is 4.37. The summed E-state index contributed by atoms with van der Waals surface area (Å²) in [5.74, 6) is -0.853. The first-order chi connectivity index (χ1) is 31.8. The predicted octanol–water partition coefficient (Wildman–Crippen LogP) is 12.4. The minimum absolute atomic E-state index is 0.103. The van der Waals surface area contributed by atoms with Crippen LogP contribution in [0.25, 0.3) is 0 Å². The number of carbonyl (C=O) groups is 2. The smallest absolute Gasteiger partial charge is 0.462 e. The molecule has 12 heteroatoms. The van der Waals surface area contributed by atoms with Crippen molar-refractivity contribution in [1.29, 1.82) is 0 Å². The van der Waals surface area contributed by atoms with E-state index in [-0.39, 0.29) is 45.4 Å². The molecule has 1 unspecified atom stereocenters. The topological polar surface area (TPSA) is 125 Å². The van der Waals surface area contributed by atoms with Gasteiger partial charge in [-0.05, 0) is 35.1 Å². The van der Waals surface area contributed by atoms with Crippen LogP contribution in [0.3, 0.4) is 0 Å². The highest BCUT2D eigenvalue weighted by molar-refractivity contribution is 7.48. The van der Waals surface area contributed by atoms with Crippen LogP contribution >= 0.6 is 7.82 Å². The number of hydrogen-bond acceptors (Lipinski definition) is 11. The van der Waals surface area contributed by atoms with Crippen LogP contribution in [0.5, 0.6) is 0 Å². The number of phosphoric ester groups is 1. The molecule has 1 fully saturated rings. The first-order valence-electron chi connectivity index (χ1n) is 23.8. The SMILES string of the molecule is CCCCCCCC(=O)OC[C@H](COP(=O)(OCc1ccccc1)OC1[C@H](OCc2ccccc2)CC(OCc2ccccc2)C[C@H]1OCc1ccccc1)OC(=O)CCCCCCC. The lowest BCUT2D eigenvalue weighted by Crippen LogP contribution is -2.50. The Morgan fingerprint density at radius 1 is 0.523 bits per heavy atom. The van der Waals surface area contributed by atoms with E-state index in [1.54, 1.807) is 0 Å². The van der Waals surface area contributed by atoms with Gasteiger partial charge in [0.1, 0.15) is 12.7 Å². The van der Waals surface area contributed by atoms with Gasteiger partial charge in [-0.1, -0.05) is 187 Å². The number of rotatable bonds is 32. The van der Waals surface area contributed by atoms with Crippen LogP contribution in [-0.4, -0.2) is 55.7 Å². The Morgan fingerprint density at radius 2 is 0.954 bits per heavy atom. The van der Waals surface area contributed by atoms with E-state index >= 15 is 4.57 Å². The second-order valence-corrected chi connectivity index (χ2v) is 18.4. The average Bonchev–Trinajstić information content (AvgIpc) is 3.34. The molecule has 4 atom stereocenters. The molecule has 0 radical (unpaired) electrons. The summed E-state index contributed by atoms with van der Waals surface area (Å²) >= 11 is 0. The quantitative estimate of drug-likeness (QED) is 0.0264. The third-order valence-electron chi connectivity index (χ3n) is 11.3. The molecule has 354 valence electrons. The zero-order chi connectivity index (χ0) is 45.8. The second kappa shape index (κ2) is 30.2. The number of esters is 2. The lowest BCUT2D eigenvalue weighted by Gasteiger charge is -2.41. The fourth-order valence-corrected chi connectivity index (χ4v) is 9.00.